The number of hydrogen-bond acceptors (Lipinski definition) is 2. The molecule has 8 aromatic carbocycles. The van der Waals surface area contributed by atoms with Crippen LogP contribution in [0.15, 0.2) is 218 Å². The quantitative estimate of drug-likeness (QED) is 0.154. The molecule has 56 heavy (non-hydrogen) atoms. The Hall–Kier alpha value is -7.42. The van der Waals surface area contributed by atoms with Gasteiger partial charge in [0.15, 0.2) is 0 Å². The molecule has 2 nitrogen and oxygen atoms in total. The van der Waals surface area contributed by atoms with Crippen LogP contribution >= 0.6 is 0 Å². The highest BCUT2D eigenvalue weighted by atomic mass is 14.7. The zero-order valence-electron chi connectivity index (χ0n) is 30.7. The molecule has 262 valence electrons. The van der Waals surface area contributed by atoms with Crippen molar-refractivity contribution in [1.29, 1.82) is 0 Å². The van der Waals surface area contributed by atoms with Crippen LogP contribution in [0.2, 0.25) is 0 Å². The first-order valence-corrected chi connectivity index (χ1v) is 19.1. The van der Waals surface area contributed by atoms with Gasteiger partial charge in [0.25, 0.3) is 0 Å². The van der Waals surface area contributed by atoms with Gasteiger partial charge in [0.1, 0.15) is 0 Å². The number of aromatic nitrogens is 2. The second-order valence-electron chi connectivity index (χ2n) is 14.2. The summed E-state index contributed by atoms with van der Waals surface area (Å²) in [4.78, 5) is 11.0. The third kappa shape index (κ3) is 6.34. The van der Waals surface area contributed by atoms with Crippen molar-refractivity contribution in [1.82, 2.24) is 9.97 Å². The number of rotatable bonds is 7. The average Bonchev–Trinajstić information content (AvgIpc) is 3.29. The van der Waals surface area contributed by atoms with E-state index >= 15 is 0 Å². The van der Waals surface area contributed by atoms with Gasteiger partial charge in [-0.25, -0.2) is 9.97 Å². The molecule has 0 amide bonds. The van der Waals surface area contributed by atoms with Gasteiger partial charge in [-0.2, -0.15) is 0 Å². The van der Waals surface area contributed by atoms with Gasteiger partial charge in [0.05, 0.1) is 22.6 Å². The Labute approximate surface area is 327 Å². The summed E-state index contributed by atoms with van der Waals surface area (Å²) in [5.41, 5.74) is 16.0. The smallest absolute Gasteiger partial charge is 0.0800 e. The minimum absolute atomic E-state index is 0.903. The van der Waals surface area contributed by atoms with Crippen molar-refractivity contribution in [2.24, 2.45) is 0 Å². The molecule has 10 aromatic rings. The van der Waals surface area contributed by atoms with Crippen LogP contribution in [0.25, 0.3) is 100.0 Å². The van der Waals surface area contributed by atoms with E-state index in [1.807, 2.05) is 0 Å². The zero-order chi connectivity index (χ0) is 37.3. The van der Waals surface area contributed by atoms with Crippen LogP contribution in [-0.4, -0.2) is 9.97 Å². The molecule has 0 atom stereocenters. The van der Waals surface area contributed by atoms with E-state index in [0.717, 1.165) is 89.2 Å². The van der Waals surface area contributed by atoms with Crippen LogP contribution in [0.1, 0.15) is 0 Å². The number of nitrogens with zero attached hydrogens (tertiary/aromatic N) is 2. The lowest BCUT2D eigenvalue weighted by Gasteiger charge is -2.18. The van der Waals surface area contributed by atoms with Crippen LogP contribution < -0.4 is 0 Å². The van der Waals surface area contributed by atoms with Crippen molar-refractivity contribution in [3.8, 4) is 78.3 Å². The van der Waals surface area contributed by atoms with Crippen LogP contribution in [0.5, 0.6) is 0 Å². The van der Waals surface area contributed by atoms with Crippen LogP contribution in [0, 0.1) is 0 Å². The molecule has 0 bridgehead atoms. The second kappa shape index (κ2) is 14.4. The van der Waals surface area contributed by atoms with Crippen LogP contribution in [0.4, 0.5) is 0 Å². The molecule has 0 unspecified atom stereocenters. The Balaban J connectivity index is 1.29. The monoisotopic (exact) mass is 712 g/mol. The number of hydrogen-bond donors (Lipinski definition) is 0. The summed E-state index contributed by atoms with van der Waals surface area (Å²) < 4.78 is 0. The molecule has 2 heterocycles. The Bertz CT molecular complexity index is 2920. The molecule has 0 aliphatic heterocycles. The molecule has 0 saturated carbocycles. The molecule has 0 aliphatic carbocycles. The summed E-state index contributed by atoms with van der Waals surface area (Å²) in [5, 5.41) is 3.48. The van der Waals surface area contributed by atoms with Gasteiger partial charge < -0.3 is 0 Å². The molecule has 0 spiro atoms. The summed E-state index contributed by atoms with van der Waals surface area (Å²) in [7, 11) is 0. The lowest BCUT2D eigenvalue weighted by Crippen LogP contribution is -1.96. The largest absolute Gasteiger partial charge is 0.248 e. The summed E-state index contributed by atoms with van der Waals surface area (Å²) in [6, 6.07) is 77.6. The maximum Gasteiger partial charge on any atom is 0.0800 e. The van der Waals surface area contributed by atoms with Crippen molar-refractivity contribution in [3.63, 3.8) is 0 Å². The average molecular weight is 713 g/mol. The van der Waals surface area contributed by atoms with Crippen molar-refractivity contribution >= 4 is 21.7 Å². The second-order valence-corrected chi connectivity index (χ2v) is 14.2. The lowest BCUT2D eigenvalue weighted by molar-refractivity contribution is 1.32. The Morgan fingerprint density at radius 1 is 0.250 bits per heavy atom. The first-order chi connectivity index (χ1) is 27.7. The van der Waals surface area contributed by atoms with Crippen LogP contribution in [-0.2, 0) is 0 Å². The summed E-state index contributed by atoms with van der Waals surface area (Å²) in [6.45, 7) is 0. The summed E-state index contributed by atoms with van der Waals surface area (Å²) in [6.07, 6.45) is 0. The molecule has 0 saturated heterocycles. The molecule has 2 heteroatoms. The van der Waals surface area contributed by atoms with E-state index < -0.39 is 0 Å². The maximum atomic E-state index is 5.55. The van der Waals surface area contributed by atoms with E-state index in [4.69, 9.17) is 9.97 Å². The molecule has 0 aliphatic rings. The van der Waals surface area contributed by atoms with E-state index in [-0.39, 0.29) is 0 Å². The van der Waals surface area contributed by atoms with Crippen molar-refractivity contribution in [2.75, 3.05) is 0 Å². The van der Waals surface area contributed by atoms with E-state index in [0.29, 0.717) is 0 Å². The van der Waals surface area contributed by atoms with E-state index in [2.05, 4.69) is 218 Å². The first-order valence-electron chi connectivity index (χ1n) is 19.1. The van der Waals surface area contributed by atoms with Gasteiger partial charge >= 0.3 is 0 Å². The fourth-order valence-electron chi connectivity index (χ4n) is 7.87. The third-order valence-electron chi connectivity index (χ3n) is 10.6. The number of fused-ring (bicyclic) bond motifs is 3. The van der Waals surface area contributed by atoms with E-state index in [1.54, 1.807) is 0 Å². The van der Waals surface area contributed by atoms with Gasteiger partial charge in [0.2, 0.25) is 0 Å². The van der Waals surface area contributed by atoms with Crippen molar-refractivity contribution in [3.05, 3.63) is 218 Å². The normalized spacial score (nSPS) is 11.2. The predicted molar refractivity (Wildman–Crippen MR) is 235 cm³/mol. The lowest BCUT2D eigenvalue weighted by atomic mass is 9.89. The van der Waals surface area contributed by atoms with Crippen LogP contribution in [0.3, 0.4) is 0 Å². The van der Waals surface area contributed by atoms with Crippen molar-refractivity contribution in [2.45, 2.75) is 0 Å². The van der Waals surface area contributed by atoms with E-state index in [1.165, 1.54) is 10.8 Å². The zero-order valence-corrected chi connectivity index (χ0v) is 30.7. The van der Waals surface area contributed by atoms with Gasteiger partial charge in [0, 0.05) is 27.6 Å². The Morgan fingerprint density at radius 3 is 1.23 bits per heavy atom. The summed E-state index contributed by atoms with van der Waals surface area (Å²) >= 11 is 0. The molecule has 10 rings (SSSR count). The fourth-order valence-corrected chi connectivity index (χ4v) is 7.87. The number of pyridine rings is 2. The Kier molecular flexibility index (Phi) is 8.55. The maximum absolute atomic E-state index is 5.55. The molecular weight excluding hydrogens is 677 g/mol. The summed E-state index contributed by atoms with van der Waals surface area (Å²) in [5.74, 6) is 0. The highest BCUT2D eigenvalue weighted by Crippen LogP contribution is 2.43. The molecule has 0 fully saturated rings. The molecule has 2 aromatic heterocycles. The predicted octanol–water partition coefficient (Wildman–Crippen LogP) is 14.5. The first kappa shape index (κ1) is 33.2. The fraction of sp³-hybridized carbons (Fsp3) is 0. The molecular formula is C54H36N2. The molecule has 0 radical (unpaired) electrons. The minimum Gasteiger partial charge on any atom is -0.248 e. The Morgan fingerprint density at radius 2 is 0.679 bits per heavy atom. The topological polar surface area (TPSA) is 25.8 Å². The van der Waals surface area contributed by atoms with E-state index in [9.17, 15) is 0 Å². The number of benzene rings is 8. The SMILES string of the molecule is c1ccc(-c2cc(-c3ccccc3)cc(-c3cc(-c4cc5ccccc5c5c(-c6ccccc6)cc(-c6ccccc6)nc45)cc(-c4ccccc4)n3)c2)cc1. The third-order valence-corrected chi connectivity index (χ3v) is 10.6. The highest BCUT2D eigenvalue weighted by molar-refractivity contribution is 6.18. The minimum atomic E-state index is 0.903. The molecule has 0 N–H and O–H groups in total. The standard InChI is InChI=1S/C54H36N2/c1-6-18-37(19-7-1)43-30-44(38-20-8-2-9-21-38)32-46(31-43)51-35-45(34-50(55-51)40-24-12-4-13-25-40)49-33-42-28-16-17-29-47(42)53-48(39-22-10-3-11-23-39)36-52(56-54(49)53)41-26-14-5-15-27-41/h1-36H. The van der Waals surface area contributed by atoms with Gasteiger partial charge in [-0.15, -0.1) is 0 Å². The van der Waals surface area contributed by atoms with Crippen molar-refractivity contribution < 1.29 is 0 Å². The highest BCUT2D eigenvalue weighted by Gasteiger charge is 2.19. The van der Waals surface area contributed by atoms with Gasteiger partial charge in [-0.3, -0.25) is 0 Å². The van der Waals surface area contributed by atoms with Gasteiger partial charge in [-0.1, -0.05) is 176 Å². The van der Waals surface area contributed by atoms with Gasteiger partial charge in [-0.05, 0) is 92.2 Å².